The third-order valence-corrected chi connectivity index (χ3v) is 3.19. The highest BCUT2D eigenvalue weighted by molar-refractivity contribution is 6.29. The van der Waals surface area contributed by atoms with E-state index in [2.05, 4.69) is 16.9 Å². The van der Waals surface area contributed by atoms with E-state index in [1.165, 1.54) is 6.08 Å². The Kier molecular flexibility index (Phi) is 4.95. The molecule has 0 saturated heterocycles. The van der Waals surface area contributed by atoms with Gasteiger partial charge in [0.1, 0.15) is 16.7 Å². The molecule has 1 aromatic heterocycles. The van der Waals surface area contributed by atoms with Crippen molar-refractivity contribution in [1.29, 1.82) is 5.41 Å². The minimum absolute atomic E-state index is 0.302. The van der Waals surface area contributed by atoms with Crippen LogP contribution >= 0.6 is 11.6 Å². The summed E-state index contributed by atoms with van der Waals surface area (Å²) in [4.78, 5) is 4.23. The zero-order valence-electron chi connectivity index (χ0n) is 11.7. The molecule has 0 aliphatic rings. The number of halogens is 1. The molecule has 1 heterocycles. The maximum absolute atomic E-state index is 7.87. The van der Waals surface area contributed by atoms with E-state index in [1.54, 1.807) is 19.2 Å². The molecule has 0 aliphatic heterocycles. The lowest BCUT2D eigenvalue weighted by atomic mass is 10.1. The lowest BCUT2D eigenvalue weighted by Crippen LogP contribution is -2.07. The fourth-order valence-electron chi connectivity index (χ4n) is 1.83. The quantitative estimate of drug-likeness (QED) is 0.628. The van der Waals surface area contributed by atoms with Crippen LogP contribution in [0.2, 0.25) is 5.15 Å². The average molecular weight is 302 g/mol. The number of hydrogen-bond donors (Lipinski definition) is 2. The molecule has 4 nitrogen and oxygen atoms in total. The lowest BCUT2D eigenvalue weighted by molar-refractivity contribution is 0.414. The first kappa shape index (κ1) is 15.1. The molecule has 108 valence electrons. The van der Waals surface area contributed by atoms with Gasteiger partial charge in [-0.15, -0.1) is 0 Å². The number of benzene rings is 1. The summed E-state index contributed by atoms with van der Waals surface area (Å²) in [6.45, 7) is 4.19. The summed E-state index contributed by atoms with van der Waals surface area (Å²) in [6.07, 6.45) is 1.48. The van der Waals surface area contributed by atoms with Crippen LogP contribution in [0, 0.1) is 5.41 Å². The van der Waals surface area contributed by atoms with Crippen molar-refractivity contribution in [1.82, 2.24) is 4.98 Å². The van der Waals surface area contributed by atoms with Crippen LogP contribution in [0.4, 0.5) is 5.82 Å². The van der Waals surface area contributed by atoms with Crippen LogP contribution in [0.15, 0.2) is 49.1 Å². The van der Waals surface area contributed by atoms with Crippen molar-refractivity contribution in [2.45, 2.75) is 6.54 Å². The van der Waals surface area contributed by atoms with Crippen molar-refractivity contribution in [3.8, 4) is 5.75 Å². The van der Waals surface area contributed by atoms with Crippen LogP contribution in [-0.2, 0) is 6.54 Å². The second kappa shape index (κ2) is 6.90. The van der Waals surface area contributed by atoms with Gasteiger partial charge in [-0.2, -0.15) is 0 Å². The zero-order chi connectivity index (χ0) is 15.2. The third-order valence-electron chi connectivity index (χ3n) is 2.97. The van der Waals surface area contributed by atoms with Crippen molar-refractivity contribution < 1.29 is 4.74 Å². The Bertz CT molecular complexity index is 653. The van der Waals surface area contributed by atoms with E-state index in [0.717, 1.165) is 11.3 Å². The van der Waals surface area contributed by atoms with Crippen LogP contribution in [0.5, 0.6) is 5.75 Å². The molecule has 21 heavy (non-hydrogen) atoms. The fourth-order valence-corrected chi connectivity index (χ4v) is 1.97. The second-order valence-corrected chi connectivity index (χ2v) is 4.74. The minimum Gasteiger partial charge on any atom is -0.497 e. The Hall–Kier alpha value is -2.33. The largest absolute Gasteiger partial charge is 0.497 e. The minimum atomic E-state index is 0.302. The Morgan fingerprint density at radius 3 is 2.67 bits per heavy atom. The number of ether oxygens (including phenoxy) is 1. The summed E-state index contributed by atoms with van der Waals surface area (Å²) in [5.74, 6) is 1.39. The molecule has 1 aromatic carbocycles. The predicted molar refractivity (Wildman–Crippen MR) is 86.6 cm³/mol. The monoisotopic (exact) mass is 301 g/mol. The molecule has 0 unspecified atom stereocenters. The smallest absolute Gasteiger partial charge is 0.137 e. The van der Waals surface area contributed by atoms with Gasteiger partial charge in [0, 0.05) is 12.1 Å². The number of aromatic nitrogens is 1. The van der Waals surface area contributed by atoms with E-state index in [1.807, 2.05) is 24.3 Å². The van der Waals surface area contributed by atoms with E-state index in [9.17, 15) is 0 Å². The third kappa shape index (κ3) is 3.83. The number of pyridine rings is 1. The highest BCUT2D eigenvalue weighted by Crippen LogP contribution is 2.19. The second-order valence-electron chi connectivity index (χ2n) is 4.35. The molecule has 2 rings (SSSR count). The van der Waals surface area contributed by atoms with Crippen molar-refractivity contribution >= 4 is 23.1 Å². The van der Waals surface area contributed by atoms with Crippen LogP contribution in [0.25, 0.3) is 0 Å². The number of hydrogen-bond acceptors (Lipinski definition) is 4. The number of nitrogens with one attached hydrogen (secondary N) is 2. The van der Waals surface area contributed by atoms with Gasteiger partial charge in [0.25, 0.3) is 0 Å². The predicted octanol–water partition coefficient (Wildman–Crippen LogP) is 3.91. The first-order valence-corrected chi connectivity index (χ1v) is 6.76. The summed E-state index contributed by atoms with van der Waals surface area (Å²) in [5.41, 5.74) is 2.05. The normalized spacial score (nSPS) is 10.0. The number of anilines is 1. The number of methoxy groups -OCH3 is 1. The molecule has 5 heteroatoms. The molecular formula is C16H16ClN3O. The molecule has 0 aliphatic carbocycles. The summed E-state index contributed by atoms with van der Waals surface area (Å²) in [6, 6.07) is 11.1. The summed E-state index contributed by atoms with van der Waals surface area (Å²) < 4.78 is 5.12. The van der Waals surface area contributed by atoms with Gasteiger partial charge in [-0.05, 0) is 35.9 Å². The first-order chi connectivity index (χ1) is 10.1. The van der Waals surface area contributed by atoms with E-state index in [4.69, 9.17) is 21.7 Å². The van der Waals surface area contributed by atoms with E-state index in [-0.39, 0.29) is 0 Å². The molecule has 2 N–H and O–H groups in total. The molecule has 2 aromatic rings. The van der Waals surface area contributed by atoms with E-state index < -0.39 is 0 Å². The summed E-state index contributed by atoms with van der Waals surface area (Å²) in [7, 11) is 1.64. The lowest BCUT2D eigenvalue weighted by Gasteiger charge is -2.11. The number of rotatable bonds is 6. The highest BCUT2D eigenvalue weighted by Gasteiger charge is 2.08. The standard InChI is InChI=1S/C16H16ClN3O/c1-3-14(18)13-8-9-15(17)20-16(13)19-10-11-4-6-12(21-2)7-5-11/h3-9,18H,1,10H2,2H3,(H,19,20). The van der Waals surface area contributed by atoms with Gasteiger partial charge in [0.05, 0.1) is 12.8 Å². The van der Waals surface area contributed by atoms with Crippen molar-refractivity contribution in [3.05, 3.63) is 65.3 Å². The molecule has 0 amide bonds. The van der Waals surface area contributed by atoms with Crippen LogP contribution in [-0.4, -0.2) is 17.8 Å². The van der Waals surface area contributed by atoms with Gasteiger partial charge in [0.15, 0.2) is 0 Å². The molecule has 0 saturated carbocycles. The van der Waals surface area contributed by atoms with Gasteiger partial charge in [-0.25, -0.2) is 4.98 Å². The molecule has 0 atom stereocenters. The Morgan fingerprint density at radius 1 is 1.33 bits per heavy atom. The van der Waals surface area contributed by atoms with E-state index >= 15 is 0 Å². The van der Waals surface area contributed by atoms with Crippen LogP contribution in [0.3, 0.4) is 0 Å². The number of allylic oxidation sites excluding steroid dienone is 1. The van der Waals surface area contributed by atoms with Gasteiger partial charge in [0.2, 0.25) is 0 Å². The SMILES string of the molecule is C=CC(=N)c1ccc(Cl)nc1NCc1ccc(OC)cc1. The Balaban J connectivity index is 2.16. The van der Waals surface area contributed by atoms with E-state index in [0.29, 0.717) is 28.8 Å². The van der Waals surface area contributed by atoms with Crippen LogP contribution < -0.4 is 10.1 Å². The average Bonchev–Trinajstić information content (AvgIpc) is 2.52. The summed E-state index contributed by atoms with van der Waals surface area (Å²) in [5, 5.41) is 11.4. The molecule has 0 bridgehead atoms. The van der Waals surface area contributed by atoms with Crippen molar-refractivity contribution in [3.63, 3.8) is 0 Å². The van der Waals surface area contributed by atoms with Gasteiger partial charge >= 0.3 is 0 Å². The molecular weight excluding hydrogens is 286 g/mol. The van der Waals surface area contributed by atoms with Crippen LogP contribution in [0.1, 0.15) is 11.1 Å². The fraction of sp³-hybridized carbons (Fsp3) is 0.125. The maximum Gasteiger partial charge on any atom is 0.137 e. The maximum atomic E-state index is 7.87. The first-order valence-electron chi connectivity index (χ1n) is 6.38. The molecule has 0 radical (unpaired) electrons. The van der Waals surface area contributed by atoms with Crippen molar-refractivity contribution in [2.24, 2.45) is 0 Å². The Morgan fingerprint density at radius 2 is 2.05 bits per heavy atom. The highest BCUT2D eigenvalue weighted by atomic mass is 35.5. The van der Waals surface area contributed by atoms with Gasteiger partial charge in [-0.1, -0.05) is 30.3 Å². The number of nitrogens with zero attached hydrogens (tertiary/aromatic N) is 1. The van der Waals surface area contributed by atoms with Crippen molar-refractivity contribution in [2.75, 3.05) is 12.4 Å². The zero-order valence-corrected chi connectivity index (χ0v) is 12.4. The van der Waals surface area contributed by atoms with Gasteiger partial charge in [-0.3, -0.25) is 0 Å². The summed E-state index contributed by atoms with van der Waals surface area (Å²) >= 11 is 5.92. The van der Waals surface area contributed by atoms with Gasteiger partial charge < -0.3 is 15.5 Å². The topological polar surface area (TPSA) is 58.0 Å². The molecule has 0 spiro atoms. The molecule has 0 fully saturated rings. The Labute approximate surface area is 128 Å².